The van der Waals surface area contributed by atoms with Crippen LogP contribution >= 0.6 is 0 Å². The molecule has 1 atom stereocenters. The highest BCUT2D eigenvalue weighted by molar-refractivity contribution is 5.70. The van der Waals surface area contributed by atoms with Gasteiger partial charge in [-0.25, -0.2) is 4.79 Å². The second-order valence-corrected chi connectivity index (χ2v) is 7.37. The molecule has 0 bridgehead atoms. The number of rotatable bonds is 2. The number of aromatic nitrogens is 1. The third kappa shape index (κ3) is 4.76. The smallest absolute Gasteiger partial charge is 0.410 e. The molecule has 0 saturated carbocycles. The molecule has 1 aromatic rings. The highest BCUT2D eigenvalue weighted by atomic mass is 16.6. The largest absolute Gasteiger partial charge is 0.444 e. The predicted molar refractivity (Wildman–Crippen MR) is 99.2 cm³/mol. The van der Waals surface area contributed by atoms with Crippen molar-refractivity contribution >= 4 is 17.5 Å². The summed E-state index contributed by atoms with van der Waals surface area (Å²) in [6.45, 7) is 12.0. The second kappa shape index (κ2) is 7.73. The summed E-state index contributed by atoms with van der Waals surface area (Å²) in [6.07, 6.45) is 3.18. The van der Waals surface area contributed by atoms with E-state index in [0.29, 0.717) is 18.2 Å². The van der Waals surface area contributed by atoms with Crippen molar-refractivity contribution in [3.63, 3.8) is 0 Å². The minimum atomic E-state index is -0.481. The number of ether oxygens (including phenoxy) is 1. The topological polar surface area (TPSA) is 71.7 Å². The van der Waals surface area contributed by atoms with Crippen molar-refractivity contribution in [2.75, 3.05) is 30.3 Å². The van der Waals surface area contributed by atoms with Crippen molar-refractivity contribution in [2.45, 2.75) is 53.7 Å². The van der Waals surface area contributed by atoms with E-state index in [9.17, 15) is 4.79 Å². The van der Waals surface area contributed by atoms with Gasteiger partial charge >= 0.3 is 6.09 Å². The standard InChI is InChI=1S/C17H28N4O2.CH4/c1-12(2)15-11-20(14-6-7-19-10-13(14)18)8-9-21(15)16(22)23-17(3,4)5;/h6-7,10,12,15H,8-9,11,18H2,1-5H3;1H4/t15-;/m0./s1. The molecule has 2 rings (SSSR count). The van der Waals surface area contributed by atoms with Crippen LogP contribution in [0.1, 0.15) is 42.0 Å². The van der Waals surface area contributed by atoms with Crippen molar-refractivity contribution in [1.29, 1.82) is 0 Å². The van der Waals surface area contributed by atoms with Crippen LogP contribution < -0.4 is 10.6 Å². The molecular formula is C18H32N4O2. The zero-order chi connectivity index (χ0) is 17.2. The summed E-state index contributed by atoms with van der Waals surface area (Å²) in [7, 11) is 0. The van der Waals surface area contributed by atoms with Gasteiger partial charge in [0.15, 0.2) is 0 Å². The first-order valence-corrected chi connectivity index (χ1v) is 8.13. The third-order valence-electron chi connectivity index (χ3n) is 3.98. The molecule has 2 N–H and O–H groups in total. The van der Waals surface area contributed by atoms with Crippen LogP contribution in [-0.2, 0) is 4.74 Å². The van der Waals surface area contributed by atoms with E-state index >= 15 is 0 Å². The number of anilines is 2. The number of nitrogen functional groups attached to an aromatic ring is 1. The predicted octanol–water partition coefficient (Wildman–Crippen LogP) is 3.38. The van der Waals surface area contributed by atoms with Gasteiger partial charge in [0.2, 0.25) is 0 Å². The minimum absolute atomic E-state index is 0. The van der Waals surface area contributed by atoms with Crippen molar-refractivity contribution in [3.8, 4) is 0 Å². The monoisotopic (exact) mass is 336 g/mol. The highest BCUT2D eigenvalue weighted by Crippen LogP contribution is 2.27. The molecular weight excluding hydrogens is 304 g/mol. The molecule has 2 heterocycles. The normalized spacial score (nSPS) is 18.3. The van der Waals surface area contributed by atoms with Gasteiger partial charge in [-0.2, -0.15) is 0 Å². The molecule has 1 fully saturated rings. The van der Waals surface area contributed by atoms with Crippen LogP contribution in [0.4, 0.5) is 16.2 Å². The lowest BCUT2D eigenvalue weighted by molar-refractivity contribution is 0.00884. The quantitative estimate of drug-likeness (QED) is 0.896. The highest BCUT2D eigenvalue weighted by Gasteiger charge is 2.35. The van der Waals surface area contributed by atoms with Crippen LogP contribution in [-0.4, -0.2) is 47.3 Å². The average Bonchev–Trinajstić information content (AvgIpc) is 2.45. The van der Waals surface area contributed by atoms with Gasteiger partial charge in [0, 0.05) is 25.8 Å². The van der Waals surface area contributed by atoms with Gasteiger partial charge in [0.05, 0.1) is 23.6 Å². The summed E-state index contributed by atoms with van der Waals surface area (Å²) in [5.41, 5.74) is 7.21. The van der Waals surface area contributed by atoms with Crippen LogP contribution in [0.25, 0.3) is 0 Å². The minimum Gasteiger partial charge on any atom is -0.444 e. The Balaban J connectivity index is 0.00000288. The molecule has 1 aliphatic heterocycles. The van der Waals surface area contributed by atoms with Gasteiger partial charge in [-0.3, -0.25) is 4.98 Å². The first-order valence-electron chi connectivity index (χ1n) is 8.13. The fraction of sp³-hybridized carbons (Fsp3) is 0.667. The van der Waals surface area contributed by atoms with E-state index in [4.69, 9.17) is 10.5 Å². The molecule has 1 aliphatic rings. The molecule has 6 nitrogen and oxygen atoms in total. The molecule has 0 spiro atoms. The van der Waals surface area contributed by atoms with E-state index in [1.54, 1.807) is 12.4 Å². The van der Waals surface area contributed by atoms with Crippen molar-refractivity contribution in [1.82, 2.24) is 9.88 Å². The van der Waals surface area contributed by atoms with E-state index in [-0.39, 0.29) is 19.6 Å². The Morgan fingerprint density at radius 2 is 2.04 bits per heavy atom. The van der Waals surface area contributed by atoms with Gasteiger partial charge in [0.1, 0.15) is 5.60 Å². The third-order valence-corrected chi connectivity index (χ3v) is 3.98. The molecule has 1 saturated heterocycles. The van der Waals surface area contributed by atoms with Gasteiger partial charge in [-0.1, -0.05) is 21.3 Å². The van der Waals surface area contributed by atoms with E-state index in [1.165, 1.54) is 0 Å². The lowest BCUT2D eigenvalue weighted by atomic mass is 9.99. The van der Waals surface area contributed by atoms with E-state index in [1.807, 2.05) is 31.7 Å². The molecule has 6 heteroatoms. The Morgan fingerprint density at radius 1 is 1.38 bits per heavy atom. The van der Waals surface area contributed by atoms with Crippen LogP contribution in [0, 0.1) is 5.92 Å². The molecule has 24 heavy (non-hydrogen) atoms. The molecule has 0 unspecified atom stereocenters. The zero-order valence-corrected chi connectivity index (χ0v) is 14.7. The summed E-state index contributed by atoms with van der Waals surface area (Å²) in [4.78, 5) is 20.6. The fourth-order valence-electron chi connectivity index (χ4n) is 2.83. The van der Waals surface area contributed by atoms with Crippen molar-refractivity contribution in [2.24, 2.45) is 5.92 Å². The number of carbonyl (C=O) groups excluding carboxylic acids is 1. The summed E-state index contributed by atoms with van der Waals surface area (Å²) < 4.78 is 5.56. The molecule has 0 radical (unpaired) electrons. The Labute approximate surface area is 146 Å². The van der Waals surface area contributed by atoms with Gasteiger partial charge in [0.25, 0.3) is 0 Å². The number of amides is 1. The van der Waals surface area contributed by atoms with E-state index in [2.05, 4.69) is 23.7 Å². The molecule has 0 aromatic carbocycles. The summed E-state index contributed by atoms with van der Waals surface area (Å²) in [5, 5.41) is 0. The van der Waals surface area contributed by atoms with Crippen LogP contribution in [0.2, 0.25) is 0 Å². The molecule has 1 amide bonds. The SMILES string of the molecule is C.CC(C)[C@@H]1CN(c2ccncc2N)CCN1C(=O)OC(C)(C)C. The number of carbonyl (C=O) groups is 1. The molecule has 136 valence electrons. The first-order chi connectivity index (χ1) is 10.7. The Hall–Kier alpha value is -1.98. The summed E-state index contributed by atoms with van der Waals surface area (Å²) in [5.74, 6) is 0.327. The summed E-state index contributed by atoms with van der Waals surface area (Å²) >= 11 is 0. The van der Waals surface area contributed by atoms with Crippen LogP contribution in [0.3, 0.4) is 0 Å². The maximum Gasteiger partial charge on any atom is 0.410 e. The van der Waals surface area contributed by atoms with Gasteiger partial charge in [-0.05, 0) is 32.8 Å². The van der Waals surface area contributed by atoms with Crippen LogP contribution in [0.5, 0.6) is 0 Å². The summed E-state index contributed by atoms with van der Waals surface area (Å²) in [6, 6.07) is 2.02. The molecule has 0 aliphatic carbocycles. The number of pyridine rings is 1. The maximum atomic E-state index is 12.5. The Kier molecular flexibility index (Phi) is 6.46. The van der Waals surface area contributed by atoms with Crippen molar-refractivity contribution in [3.05, 3.63) is 18.5 Å². The van der Waals surface area contributed by atoms with E-state index in [0.717, 1.165) is 18.8 Å². The average molecular weight is 336 g/mol. The number of piperazine rings is 1. The maximum absolute atomic E-state index is 12.5. The Bertz CT molecular complexity index is 554. The Morgan fingerprint density at radius 3 is 2.58 bits per heavy atom. The fourth-order valence-corrected chi connectivity index (χ4v) is 2.83. The van der Waals surface area contributed by atoms with Gasteiger partial charge < -0.3 is 20.3 Å². The lowest BCUT2D eigenvalue weighted by Crippen LogP contribution is -2.58. The number of nitrogens with zero attached hydrogens (tertiary/aromatic N) is 3. The number of hydrogen-bond donors (Lipinski definition) is 1. The first kappa shape index (κ1) is 20.1. The van der Waals surface area contributed by atoms with Crippen molar-refractivity contribution < 1.29 is 9.53 Å². The zero-order valence-electron chi connectivity index (χ0n) is 14.7. The van der Waals surface area contributed by atoms with E-state index < -0.39 is 5.60 Å². The number of hydrogen-bond acceptors (Lipinski definition) is 5. The van der Waals surface area contributed by atoms with Gasteiger partial charge in [-0.15, -0.1) is 0 Å². The number of nitrogens with two attached hydrogens (primary N) is 1. The second-order valence-electron chi connectivity index (χ2n) is 7.37. The molecule has 1 aromatic heterocycles. The lowest BCUT2D eigenvalue weighted by Gasteiger charge is -2.44. The van der Waals surface area contributed by atoms with Crippen LogP contribution in [0.15, 0.2) is 18.5 Å².